The molecule has 1 aromatic rings. The van der Waals surface area contributed by atoms with E-state index in [0.717, 1.165) is 37.4 Å². The zero-order valence-corrected chi connectivity index (χ0v) is 12.5. The van der Waals surface area contributed by atoms with Crippen molar-refractivity contribution in [1.82, 2.24) is 4.90 Å². The Hall–Kier alpha value is -1.51. The van der Waals surface area contributed by atoms with Crippen molar-refractivity contribution in [1.29, 1.82) is 0 Å². The summed E-state index contributed by atoms with van der Waals surface area (Å²) in [6.07, 6.45) is 3.30. The summed E-state index contributed by atoms with van der Waals surface area (Å²) in [5.41, 5.74) is 1.04. The van der Waals surface area contributed by atoms with E-state index in [2.05, 4.69) is 13.8 Å². The van der Waals surface area contributed by atoms with Crippen LogP contribution in [0.15, 0.2) is 30.3 Å². The topological polar surface area (TPSA) is 29.5 Å². The second kappa shape index (κ2) is 7.32. The van der Waals surface area contributed by atoms with Crippen molar-refractivity contribution in [2.75, 3.05) is 13.1 Å². The second-order valence-corrected chi connectivity index (χ2v) is 5.61. The molecule has 0 radical (unpaired) electrons. The lowest BCUT2D eigenvalue weighted by atomic mass is 9.82. The Morgan fingerprint density at radius 1 is 1.20 bits per heavy atom. The van der Waals surface area contributed by atoms with Crippen LogP contribution in [-0.2, 0) is 11.3 Å². The average molecular weight is 275 g/mol. The van der Waals surface area contributed by atoms with Crippen LogP contribution in [0.2, 0.25) is 0 Å². The van der Waals surface area contributed by atoms with Crippen molar-refractivity contribution in [2.45, 2.75) is 39.7 Å². The highest BCUT2D eigenvalue weighted by molar-refractivity contribution is 5.67. The molecule has 110 valence electrons. The number of amides is 1. The lowest BCUT2D eigenvalue weighted by Crippen LogP contribution is -2.43. The van der Waals surface area contributed by atoms with Crippen molar-refractivity contribution in [2.24, 2.45) is 11.8 Å². The molecule has 1 fully saturated rings. The predicted octanol–water partition coefficient (Wildman–Crippen LogP) is 4.08. The third-order valence-electron chi connectivity index (χ3n) is 4.40. The van der Waals surface area contributed by atoms with Crippen LogP contribution in [0.4, 0.5) is 4.79 Å². The minimum absolute atomic E-state index is 0.165. The maximum Gasteiger partial charge on any atom is 0.410 e. The number of ether oxygens (including phenoxy) is 1. The molecular formula is C17H25NO2. The van der Waals surface area contributed by atoms with E-state index in [1.54, 1.807) is 0 Å². The van der Waals surface area contributed by atoms with Gasteiger partial charge in [-0.05, 0) is 23.8 Å². The molecule has 0 spiro atoms. The molecule has 0 aliphatic carbocycles. The van der Waals surface area contributed by atoms with Gasteiger partial charge in [-0.2, -0.15) is 0 Å². The fourth-order valence-corrected chi connectivity index (χ4v) is 3.06. The fraction of sp³-hybridized carbons (Fsp3) is 0.588. The molecule has 3 nitrogen and oxygen atoms in total. The molecule has 3 heteroatoms. The number of nitrogens with zero attached hydrogens (tertiary/aromatic N) is 1. The Kier molecular flexibility index (Phi) is 5.45. The number of hydrogen-bond donors (Lipinski definition) is 0. The lowest BCUT2D eigenvalue weighted by Gasteiger charge is -2.37. The van der Waals surface area contributed by atoms with Crippen LogP contribution in [0.3, 0.4) is 0 Å². The molecule has 20 heavy (non-hydrogen) atoms. The summed E-state index contributed by atoms with van der Waals surface area (Å²) in [7, 11) is 0. The number of carbonyl (C=O) groups is 1. The molecule has 0 N–H and O–H groups in total. The molecule has 1 aliphatic heterocycles. The molecule has 1 aromatic carbocycles. The molecular weight excluding hydrogens is 250 g/mol. The van der Waals surface area contributed by atoms with Crippen LogP contribution in [0, 0.1) is 11.8 Å². The van der Waals surface area contributed by atoms with Gasteiger partial charge in [-0.3, -0.25) is 0 Å². The van der Waals surface area contributed by atoms with Gasteiger partial charge in [0, 0.05) is 13.1 Å². The molecule has 0 saturated carbocycles. The zero-order valence-electron chi connectivity index (χ0n) is 12.5. The number of piperidine rings is 1. The maximum absolute atomic E-state index is 12.1. The van der Waals surface area contributed by atoms with Gasteiger partial charge in [0.2, 0.25) is 0 Å². The molecule has 1 unspecified atom stereocenters. The van der Waals surface area contributed by atoms with Gasteiger partial charge in [0.15, 0.2) is 0 Å². The molecule has 2 rings (SSSR count). The van der Waals surface area contributed by atoms with Crippen LogP contribution in [0.5, 0.6) is 0 Å². The minimum atomic E-state index is -0.165. The SMILES string of the molecule is CCC1CN(C(=O)OCc2ccccc2)CC[C@@H]1CC. The molecule has 1 saturated heterocycles. The fourth-order valence-electron chi connectivity index (χ4n) is 3.06. The molecule has 2 atom stereocenters. The van der Waals surface area contributed by atoms with E-state index in [0.29, 0.717) is 12.5 Å². The van der Waals surface area contributed by atoms with Crippen molar-refractivity contribution in [3.8, 4) is 0 Å². The first-order valence-corrected chi connectivity index (χ1v) is 7.70. The number of benzene rings is 1. The Morgan fingerprint density at radius 2 is 1.90 bits per heavy atom. The second-order valence-electron chi connectivity index (χ2n) is 5.61. The molecule has 1 aliphatic rings. The van der Waals surface area contributed by atoms with E-state index >= 15 is 0 Å². The minimum Gasteiger partial charge on any atom is -0.445 e. The van der Waals surface area contributed by atoms with E-state index in [1.807, 2.05) is 35.2 Å². The van der Waals surface area contributed by atoms with E-state index in [9.17, 15) is 4.79 Å². The van der Waals surface area contributed by atoms with Crippen LogP contribution < -0.4 is 0 Å². The summed E-state index contributed by atoms with van der Waals surface area (Å²) < 4.78 is 5.42. The number of likely N-dealkylation sites (tertiary alicyclic amines) is 1. The number of hydrogen-bond acceptors (Lipinski definition) is 2. The monoisotopic (exact) mass is 275 g/mol. The lowest BCUT2D eigenvalue weighted by molar-refractivity contribution is 0.0625. The number of rotatable bonds is 4. The van der Waals surface area contributed by atoms with Crippen molar-refractivity contribution >= 4 is 6.09 Å². The highest BCUT2D eigenvalue weighted by atomic mass is 16.6. The van der Waals surface area contributed by atoms with Crippen LogP contribution in [0.25, 0.3) is 0 Å². The largest absolute Gasteiger partial charge is 0.445 e. The van der Waals surface area contributed by atoms with Crippen LogP contribution in [0.1, 0.15) is 38.7 Å². The summed E-state index contributed by atoms with van der Waals surface area (Å²) in [6, 6.07) is 9.84. The Balaban J connectivity index is 1.84. The molecule has 0 aromatic heterocycles. The summed E-state index contributed by atoms with van der Waals surface area (Å²) in [4.78, 5) is 14.0. The highest BCUT2D eigenvalue weighted by Crippen LogP contribution is 2.28. The van der Waals surface area contributed by atoms with Gasteiger partial charge in [0.1, 0.15) is 6.61 Å². The van der Waals surface area contributed by atoms with Gasteiger partial charge in [0.05, 0.1) is 0 Å². The molecule has 1 amide bonds. The van der Waals surface area contributed by atoms with E-state index < -0.39 is 0 Å². The zero-order chi connectivity index (χ0) is 14.4. The summed E-state index contributed by atoms with van der Waals surface area (Å²) >= 11 is 0. The first kappa shape index (κ1) is 14.9. The standard InChI is InChI=1S/C17H25NO2/c1-3-15-10-11-18(12-16(15)4-2)17(19)20-13-14-8-6-5-7-9-14/h5-9,15-16H,3-4,10-13H2,1-2H3/t15-,16?/m0/s1. The number of carbonyl (C=O) groups excluding carboxylic acids is 1. The summed E-state index contributed by atoms with van der Waals surface area (Å²) in [6.45, 7) is 6.51. The Morgan fingerprint density at radius 3 is 2.55 bits per heavy atom. The highest BCUT2D eigenvalue weighted by Gasteiger charge is 2.29. The summed E-state index contributed by atoms with van der Waals surface area (Å²) in [5.74, 6) is 1.39. The quantitative estimate of drug-likeness (QED) is 0.828. The molecule has 0 bridgehead atoms. The van der Waals surface area contributed by atoms with Crippen molar-refractivity contribution in [3.05, 3.63) is 35.9 Å². The van der Waals surface area contributed by atoms with E-state index in [-0.39, 0.29) is 6.09 Å². The molecule has 1 heterocycles. The summed E-state index contributed by atoms with van der Waals surface area (Å²) in [5, 5.41) is 0. The van der Waals surface area contributed by atoms with Crippen LogP contribution >= 0.6 is 0 Å². The average Bonchev–Trinajstić information content (AvgIpc) is 2.52. The Labute approximate surface area is 121 Å². The first-order valence-electron chi connectivity index (χ1n) is 7.70. The van der Waals surface area contributed by atoms with Gasteiger partial charge >= 0.3 is 6.09 Å². The van der Waals surface area contributed by atoms with Gasteiger partial charge < -0.3 is 9.64 Å². The van der Waals surface area contributed by atoms with Gasteiger partial charge in [0.25, 0.3) is 0 Å². The van der Waals surface area contributed by atoms with Gasteiger partial charge in [-0.1, -0.05) is 57.0 Å². The van der Waals surface area contributed by atoms with Crippen LogP contribution in [-0.4, -0.2) is 24.1 Å². The van der Waals surface area contributed by atoms with E-state index in [4.69, 9.17) is 4.74 Å². The normalized spacial score (nSPS) is 22.6. The van der Waals surface area contributed by atoms with Crippen molar-refractivity contribution in [3.63, 3.8) is 0 Å². The first-order chi connectivity index (χ1) is 9.74. The smallest absolute Gasteiger partial charge is 0.410 e. The van der Waals surface area contributed by atoms with Gasteiger partial charge in [-0.25, -0.2) is 4.79 Å². The Bertz CT molecular complexity index is 418. The third kappa shape index (κ3) is 3.75. The van der Waals surface area contributed by atoms with Crippen molar-refractivity contribution < 1.29 is 9.53 Å². The van der Waals surface area contributed by atoms with E-state index in [1.165, 1.54) is 6.42 Å². The maximum atomic E-state index is 12.1. The predicted molar refractivity (Wildman–Crippen MR) is 80.4 cm³/mol. The van der Waals surface area contributed by atoms with Gasteiger partial charge in [-0.15, -0.1) is 0 Å². The third-order valence-corrected chi connectivity index (χ3v) is 4.40.